The van der Waals surface area contributed by atoms with Crippen molar-refractivity contribution in [2.24, 2.45) is 0 Å². The summed E-state index contributed by atoms with van der Waals surface area (Å²) in [6, 6.07) is 9.31. The van der Waals surface area contributed by atoms with Crippen LogP contribution in [0.1, 0.15) is 26.3 Å². The molecular weight excluding hydrogens is 282 g/mol. The number of nitrogens with one attached hydrogen (secondary N) is 1. The van der Waals surface area contributed by atoms with Crippen molar-refractivity contribution in [3.05, 3.63) is 48.0 Å². The van der Waals surface area contributed by atoms with Crippen LogP contribution in [-0.4, -0.2) is 30.8 Å². The van der Waals surface area contributed by atoms with E-state index in [4.69, 9.17) is 4.74 Å². The van der Waals surface area contributed by atoms with Crippen molar-refractivity contribution >= 4 is 12.1 Å². The lowest BCUT2D eigenvalue weighted by molar-refractivity contribution is -0.134. The Balaban J connectivity index is 2.75. The van der Waals surface area contributed by atoms with Crippen molar-refractivity contribution in [3.8, 4) is 0 Å². The second-order valence-corrected chi connectivity index (χ2v) is 5.82. The van der Waals surface area contributed by atoms with Crippen LogP contribution in [-0.2, 0) is 20.7 Å². The molecule has 1 aromatic rings. The quantitative estimate of drug-likeness (QED) is 0.671. The highest BCUT2D eigenvalue weighted by Gasteiger charge is 2.18. The van der Waals surface area contributed by atoms with Gasteiger partial charge in [0.1, 0.15) is 5.60 Å². The molecule has 120 valence electrons. The Morgan fingerprint density at radius 2 is 1.86 bits per heavy atom. The van der Waals surface area contributed by atoms with E-state index < -0.39 is 17.7 Å². The number of amides is 1. The van der Waals surface area contributed by atoms with Crippen molar-refractivity contribution in [1.82, 2.24) is 5.32 Å². The number of alkyl carbamates (subject to hydrolysis) is 1. The van der Waals surface area contributed by atoms with Gasteiger partial charge in [-0.05, 0) is 32.8 Å². The van der Waals surface area contributed by atoms with Gasteiger partial charge in [-0.2, -0.15) is 0 Å². The summed E-state index contributed by atoms with van der Waals surface area (Å²) in [6.45, 7) is 5.38. The third-order valence-electron chi connectivity index (χ3n) is 2.67. The minimum Gasteiger partial charge on any atom is -0.466 e. The fourth-order valence-corrected chi connectivity index (χ4v) is 1.76. The van der Waals surface area contributed by atoms with Gasteiger partial charge in [-0.15, -0.1) is 0 Å². The lowest BCUT2D eigenvalue weighted by atomic mass is 10.1. The van der Waals surface area contributed by atoms with Crippen LogP contribution < -0.4 is 5.32 Å². The van der Waals surface area contributed by atoms with Gasteiger partial charge in [0.2, 0.25) is 0 Å². The zero-order chi connectivity index (χ0) is 16.6. The lowest BCUT2D eigenvalue weighted by Crippen LogP contribution is -2.39. The number of methoxy groups -OCH3 is 1. The molecule has 5 heteroatoms. The van der Waals surface area contributed by atoms with Crippen molar-refractivity contribution < 1.29 is 19.1 Å². The van der Waals surface area contributed by atoms with Gasteiger partial charge in [-0.1, -0.05) is 36.4 Å². The van der Waals surface area contributed by atoms with Gasteiger partial charge in [0, 0.05) is 6.08 Å². The van der Waals surface area contributed by atoms with E-state index in [1.807, 2.05) is 30.3 Å². The second kappa shape index (κ2) is 8.22. The molecule has 22 heavy (non-hydrogen) atoms. The van der Waals surface area contributed by atoms with E-state index in [2.05, 4.69) is 10.1 Å². The Morgan fingerprint density at radius 3 is 2.41 bits per heavy atom. The number of hydrogen-bond acceptors (Lipinski definition) is 4. The van der Waals surface area contributed by atoms with E-state index in [0.29, 0.717) is 6.42 Å². The maximum absolute atomic E-state index is 11.9. The van der Waals surface area contributed by atoms with Crippen LogP contribution in [0, 0.1) is 0 Å². The molecule has 0 radical (unpaired) electrons. The van der Waals surface area contributed by atoms with Crippen molar-refractivity contribution in [1.29, 1.82) is 0 Å². The molecule has 1 N–H and O–H groups in total. The van der Waals surface area contributed by atoms with E-state index >= 15 is 0 Å². The van der Waals surface area contributed by atoms with Gasteiger partial charge >= 0.3 is 12.1 Å². The third-order valence-corrected chi connectivity index (χ3v) is 2.67. The van der Waals surface area contributed by atoms with Gasteiger partial charge in [0.25, 0.3) is 0 Å². The summed E-state index contributed by atoms with van der Waals surface area (Å²) in [7, 11) is 1.31. The van der Waals surface area contributed by atoms with Gasteiger partial charge < -0.3 is 14.8 Å². The Kier molecular flexibility index (Phi) is 6.63. The number of hydrogen-bond donors (Lipinski definition) is 1. The maximum Gasteiger partial charge on any atom is 0.408 e. The molecule has 0 fully saturated rings. The molecule has 1 amide bonds. The highest BCUT2D eigenvalue weighted by molar-refractivity contribution is 5.82. The van der Waals surface area contributed by atoms with Crippen LogP contribution in [0.3, 0.4) is 0 Å². The summed E-state index contributed by atoms with van der Waals surface area (Å²) < 4.78 is 9.81. The van der Waals surface area contributed by atoms with Crippen LogP contribution in [0.25, 0.3) is 0 Å². The normalized spacial score (nSPS) is 12.7. The van der Waals surface area contributed by atoms with E-state index in [0.717, 1.165) is 5.56 Å². The molecule has 1 atom stereocenters. The van der Waals surface area contributed by atoms with Crippen molar-refractivity contribution in [2.45, 2.75) is 38.8 Å². The predicted octanol–water partition coefficient (Wildman–Crippen LogP) is 2.85. The average molecular weight is 305 g/mol. The number of carbonyl (C=O) groups is 2. The molecule has 0 bridgehead atoms. The first-order valence-corrected chi connectivity index (χ1v) is 7.10. The van der Waals surface area contributed by atoms with Gasteiger partial charge in [-0.3, -0.25) is 0 Å². The Bertz CT molecular complexity index is 517. The number of ether oxygens (including phenoxy) is 2. The standard InChI is InChI=1S/C17H23NO4/c1-17(2,3)22-16(20)18-14(10-11-15(19)21-4)12-13-8-6-5-7-9-13/h5-11,14H,12H2,1-4H3,(H,18,20)/b11-10+/t14-/m1/s1. The smallest absolute Gasteiger partial charge is 0.408 e. The Morgan fingerprint density at radius 1 is 1.23 bits per heavy atom. The molecule has 1 aromatic carbocycles. The molecule has 0 spiro atoms. The molecule has 0 saturated carbocycles. The molecule has 1 rings (SSSR count). The van der Waals surface area contributed by atoms with Gasteiger partial charge in [0.05, 0.1) is 13.2 Å². The van der Waals surface area contributed by atoms with E-state index in [1.54, 1.807) is 26.8 Å². The molecule has 0 heterocycles. The third kappa shape index (κ3) is 7.47. The molecule has 0 aliphatic carbocycles. The maximum atomic E-state index is 11.9. The number of rotatable bonds is 5. The van der Waals surface area contributed by atoms with Gasteiger partial charge in [0.15, 0.2) is 0 Å². The highest BCUT2D eigenvalue weighted by atomic mass is 16.6. The Hall–Kier alpha value is -2.30. The lowest BCUT2D eigenvalue weighted by Gasteiger charge is -2.22. The first-order valence-electron chi connectivity index (χ1n) is 7.10. The van der Waals surface area contributed by atoms with Crippen LogP contribution in [0.15, 0.2) is 42.5 Å². The Labute approximate surface area is 131 Å². The molecule has 0 aliphatic rings. The fourth-order valence-electron chi connectivity index (χ4n) is 1.76. The van der Waals surface area contributed by atoms with Gasteiger partial charge in [-0.25, -0.2) is 9.59 Å². The number of carbonyl (C=O) groups excluding carboxylic acids is 2. The summed E-state index contributed by atoms with van der Waals surface area (Å²) in [5.74, 6) is -0.468. The summed E-state index contributed by atoms with van der Waals surface area (Å²) >= 11 is 0. The topological polar surface area (TPSA) is 64.6 Å². The number of esters is 1. The highest BCUT2D eigenvalue weighted by Crippen LogP contribution is 2.09. The van der Waals surface area contributed by atoms with Crippen LogP contribution in [0.2, 0.25) is 0 Å². The molecule has 0 aliphatic heterocycles. The van der Waals surface area contributed by atoms with Crippen LogP contribution in [0.4, 0.5) is 4.79 Å². The zero-order valence-electron chi connectivity index (χ0n) is 13.5. The largest absolute Gasteiger partial charge is 0.466 e. The minimum atomic E-state index is -0.576. The summed E-state index contributed by atoms with van der Waals surface area (Å²) in [5, 5.41) is 2.75. The van der Waals surface area contributed by atoms with Crippen LogP contribution in [0.5, 0.6) is 0 Å². The van der Waals surface area contributed by atoms with Crippen LogP contribution >= 0.6 is 0 Å². The molecular formula is C17H23NO4. The van der Waals surface area contributed by atoms with E-state index in [-0.39, 0.29) is 6.04 Å². The molecule has 0 unspecified atom stereocenters. The summed E-state index contributed by atoms with van der Waals surface area (Å²) in [6.07, 6.45) is 2.92. The summed E-state index contributed by atoms with van der Waals surface area (Å²) in [4.78, 5) is 23.1. The average Bonchev–Trinajstić information content (AvgIpc) is 2.43. The van der Waals surface area contributed by atoms with Crippen molar-refractivity contribution in [3.63, 3.8) is 0 Å². The zero-order valence-corrected chi connectivity index (χ0v) is 13.5. The second-order valence-electron chi connectivity index (χ2n) is 5.82. The summed E-state index contributed by atoms with van der Waals surface area (Å²) in [5.41, 5.74) is 0.464. The van der Waals surface area contributed by atoms with Crippen molar-refractivity contribution in [2.75, 3.05) is 7.11 Å². The minimum absolute atomic E-state index is 0.364. The molecule has 0 saturated heterocycles. The molecule has 0 aromatic heterocycles. The molecule has 5 nitrogen and oxygen atoms in total. The van der Waals surface area contributed by atoms with E-state index in [9.17, 15) is 9.59 Å². The van der Waals surface area contributed by atoms with E-state index in [1.165, 1.54) is 13.2 Å². The first-order chi connectivity index (χ1) is 10.3. The fraction of sp³-hybridized carbons (Fsp3) is 0.412. The monoisotopic (exact) mass is 305 g/mol. The first kappa shape index (κ1) is 17.8. The SMILES string of the molecule is COC(=O)/C=C/[C@H](Cc1ccccc1)NC(=O)OC(C)(C)C. The number of benzene rings is 1. The predicted molar refractivity (Wildman–Crippen MR) is 84.5 cm³/mol.